The van der Waals surface area contributed by atoms with Crippen molar-refractivity contribution < 1.29 is 9.90 Å². The van der Waals surface area contributed by atoms with Gasteiger partial charge in [0.2, 0.25) is 5.13 Å². The Morgan fingerprint density at radius 2 is 2.12 bits per heavy atom. The summed E-state index contributed by atoms with van der Waals surface area (Å²) in [6, 6.07) is 6.73. The summed E-state index contributed by atoms with van der Waals surface area (Å²) in [5, 5.41) is 22.2. The number of amides is 1. The molecule has 0 atom stereocenters. The predicted molar refractivity (Wildman–Crippen MR) is 92.7 cm³/mol. The molecule has 1 amide bonds. The molecule has 1 aromatic carbocycles. The van der Waals surface area contributed by atoms with Crippen molar-refractivity contribution in [3.63, 3.8) is 0 Å². The Balaban J connectivity index is 1.89. The third-order valence-electron chi connectivity index (χ3n) is 3.55. The number of carbonyl (C=O) groups excluding carboxylic acids is 1. The molecule has 0 aliphatic rings. The second-order valence-corrected chi connectivity index (χ2v) is 6.34. The van der Waals surface area contributed by atoms with Crippen LogP contribution in [0.25, 0.3) is 10.9 Å². The number of hydrogen-bond donors (Lipinski definition) is 3. The summed E-state index contributed by atoms with van der Waals surface area (Å²) in [6.45, 7) is 2.08. The molecule has 0 unspecified atom stereocenters. The van der Waals surface area contributed by atoms with Crippen molar-refractivity contribution in [2.75, 3.05) is 5.32 Å². The van der Waals surface area contributed by atoms with E-state index in [1.54, 1.807) is 24.3 Å². The van der Waals surface area contributed by atoms with E-state index >= 15 is 0 Å². The topological polar surface area (TPSA) is 108 Å². The Bertz CT molecular complexity index is 948. The minimum absolute atomic E-state index is 0.304. The highest BCUT2D eigenvalue weighted by Gasteiger charge is 2.20. The molecular weight excluding hydrogens is 328 g/mol. The average molecular weight is 344 g/mol. The Labute approximate surface area is 141 Å². The van der Waals surface area contributed by atoms with E-state index in [4.69, 9.17) is 0 Å². The largest absolute Gasteiger partial charge is 0.506 e. The van der Waals surface area contributed by atoms with Crippen molar-refractivity contribution in [3.05, 3.63) is 45.2 Å². The lowest BCUT2D eigenvalue weighted by Gasteiger charge is -2.06. The second-order valence-electron chi connectivity index (χ2n) is 5.28. The van der Waals surface area contributed by atoms with E-state index in [9.17, 15) is 14.7 Å². The number of aromatic hydroxyl groups is 1. The minimum atomic E-state index is -0.710. The van der Waals surface area contributed by atoms with E-state index in [0.29, 0.717) is 16.0 Å². The maximum absolute atomic E-state index is 12.4. The first-order valence-corrected chi connectivity index (χ1v) is 8.39. The van der Waals surface area contributed by atoms with Crippen molar-refractivity contribution in [1.29, 1.82) is 0 Å². The Hall–Kier alpha value is -2.74. The first-order chi connectivity index (χ1) is 11.6. The van der Waals surface area contributed by atoms with Crippen molar-refractivity contribution in [2.24, 2.45) is 0 Å². The highest BCUT2D eigenvalue weighted by molar-refractivity contribution is 7.15. The lowest BCUT2D eigenvalue weighted by Crippen LogP contribution is -2.23. The molecular formula is C16H16N4O3S. The number of nitrogens with zero attached hydrogens (tertiary/aromatic N) is 2. The van der Waals surface area contributed by atoms with Crippen LogP contribution in [0, 0.1) is 0 Å². The molecule has 0 fully saturated rings. The Morgan fingerprint density at radius 3 is 2.92 bits per heavy atom. The van der Waals surface area contributed by atoms with Crippen LogP contribution >= 0.6 is 11.3 Å². The number of unbranched alkanes of at least 4 members (excludes halogenated alkanes) is 1. The van der Waals surface area contributed by atoms with Gasteiger partial charge in [-0.1, -0.05) is 36.8 Å². The van der Waals surface area contributed by atoms with Gasteiger partial charge in [0.05, 0.1) is 5.52 Å². The number of aryl methyl sites for hydroxylation is 1. The summed E-state index contributed by atoms with van der Waals surface area (Å²) < 4.78 is 0. The molecule has 0 saturated heterocycles. The molecule has 24 heavy (non-hydrogen) atoms. The third-order valence-corrected chi connectivity index (χ3v) is 4.45. The summed E-state index contributed by atoms with van der Waals surface area (Å²) in [5.41, 5.74) is -0.521. The van der Waals surface area contributed by atoms with Crippen molar-refractivity contribution >= 4 is 33.3 Å². The average Bonchev–Trinajstić information content (AvgIpc) is 3.00. The number of anilines is 1. The van der Waals surface area contributed by atoms with Crippen LogP contribution in [0.1, 0.15) is 35.1 Å². The molecule has 0 bridgehead atoms. The smallest absolute Gasteiger partial charge is 0.266 e. The fourth-order valence-corrected chi connectivity index (χ4v) is 3.11. The molecule has 2 aromatic heterocycles. The summed E-state index contributed by atoms with van der Waals surface area (Å²) in [4.78, 5) is 27.1. The number of rotatable bonds is 5. The van der Waals surface area contributed by atoms with Crippen LogP contribution in [0.3, 0.4) is 0 Å². The Kier molecular flexibility index (Phi) is 4.57. The molecule has 3 rings (SSSR count). The predicted octanol–water partition coefficient (Wildman–Crippen LogP) is 2.68. The number of H-pyrrole nitrogens is 1. The van der Waals surface area contributed by atoms with E-state index in [-0.39, 0.29) is 11.3 Å². The molecule has 0 aliphatic carbocycles. The van der Waals surface area contributed by atoms with Gasteiger partial charge in [-0.05, 0) is 18.6 Å². The summed E-state index contributed by atoms with van der Waals surface area (Å²) in [7, 11) is 0. The normalized spacial score (nSPS) is 10.9. The molecule has 8 heteroatoms. The number of aromatic nitrogens is 3. The van der Waals surface area contributed by atoms with Gasteiger partial charge in [0, 0.05) is 11.8 Å². The Morgan fingerprint density at radius 1 is 1.33 bits per heavy atom. The number of nitrogens with one attached hydrogen (secondary N) is 2. The number of pyridine rings is 1. The van der Waals surface area contributed by atoms with Gasteiger partial charge in [0.25, 0.3) is 11.5 Å². The van der Waals surface area contributed by atoms with Crippen LogP contribution in [0.2, 0.25) is 0 Å². The van der Waals surface area contributed by atoms with Crippen LogP contribution in [0.4, 0.5) is 5.13 Å². The van der Waals surface area contributed by atoms with Gasteiger partial charge >= 0.3 is 0 Å². The number of benzene rings is 1. The molecule has 7 nitrogen and oxygen atoms in total. The van der Waals surface area contributed by atoms with Crippen LogP contribution in [-0.4, -0.2) is 26.2 Å². The zero-order valence-corrected chi connectivity index (χ0v) is 13.8. The first-order valence-electron chi connectivity index (χ1n) is 7.58. The van der Waals surface area contributed by atoms with E-state index < -0.39 is 11.5 Å². The second kappa shape index (κ2) is 6.79. The molecule has 2 heterocycles. The molecule has 0 radical (unpaired) electrons. The van der Waals surface area contributed by atoms with E-state index in [1.165, 1.54) is 11.3 Å². The number of carbonyl (C=O) groups is 1. The molecule has 0 saturated carbocycles. The zero-order valence-electron chi connectivity index (χ0n) is 13.0. The summed E-state index contributed by atoms with van der Waals surface area (Å²) >= 11 is 1.26. The van der Waals surface area contributed by atoms with Crippen molar-refractivity contribution in [1.82, 2.24) is 15.2 Å². The summed E-state index contributed by atoms with van der Waals surface area (Å²) in [6.07, 6.45) is 2.83. The van der Waals surface area contributed by atoms with Gasteiger partial charge in [-0.3, -0.25) is 14.9 Å². The third kappa shape index (κ3) is 3.13. The highest BCUT2D eigenvalue weighted by Crippen LogP contribution is 2.25. The first kappa shape index (κ1) is 16.1. The number of para-hydroxylation sites is 1. The van der Waals surface area contributed by atoms with Gasteiger partial charge < -0.3 is 10.1 Å². The van der Waals surface area contributed by atoms with Gasteiger partial charge in [-0.15, -0.1) is 10.2 Å². The monoisotopic (exact) mass is 344 g/mol. The fourth-order valence-electron chi connectivity index (χ4n) is 2.33. The standard InChI is InChI=1S/C16H16N4O3S/c1-2-3-8-11-19-20-16(24-11)18-15(23)12-13(21)9-6-4-5-7-10(9)17-14(12)22/h4-7H,2-3,8H2,1H3,(H2,17,21,22)(H,18,20,23). The highest BCUT2D eigenvalue weighted by atomic mass is 32.1. The van der Waals surface area contributed by atoms with Crippen LogP contribution in [-0.2, 0) is 6.42 Å². The van der Waals surface area contributed by atoms with Gasteiger partial charge in [0.15, 0.2) is 0 Å². The van der Waals surface area contributed by atoms with E-state index in [2.05, 4.69) is 27.4 Å². The molecule has 0 aliphatic heterocycles. The van der Waals surface area contributed by atoms with Crippen molar-refractivity contribution in [3.8, 4) is 5.75 Å². The number of hydrogen-bond acceptors (Lipinski definition) is 6. The molecule has 0 spiro atoms. The lowest BCUT2D eigenvalue weighted by atomic mass is 10.1. The minimum Gasteiger partial charge on any atom is -0.506 e. The van der Waals surface area contributed by atoms with Crippen LogP contribution in [0.5, 0.6) is 5.75 Å². The maximum Gasteiger partial charge on any atom is 0.266 e. The lowest BCUT2D eigenvalue weighted by molar-refractivity contribution is 0.102. The number of fused-ring (bicyclic) bond motifs is 1. The molecule has 3 aromatic rings. The zero-order chi connectivity index (χ0) is 17.1. The summed E-state index contributed by atoms with van der Waals surface area (Å²) in [5.74, 6) is -1.06. The van der Waals surface area contributed by atoms with Gasteiger partial charge in [0.1, 0.15) is 16.3 Å². The SMILES string of the molecule is CCCCc1nnc(NC(=O)c2c(O)c3ccccc3[nH]c2=O)s1. The maximum atomic E-state index is 12.4. The van der Waals surface area contributed by atoms with E-state index in [0.717, 1.165) is 24.3 Å². The van der Waals surface area contributed by atoms with Crippen LogP contribution in [0.15, 0.2) is 29.1 Å². The number of aromatic amines is 1. The van der Waals surface area contributed by atoms with Crippen molar-refractivity contribution in [2.45, 2.75) is 26.2 Å². The fraction of sp³-hybridized carbons (Fsp3) is 0.250. The van der Waals surface area contributed by atoms with Crippen LogP contribution < -0.4 is 10.9 Å². The molecule has 3 N–H and O–H groups in total. The quantitative estimate of drug-likeness (QED) is 0.659. The molecule has 124 valence electrons. The van der Waals surface area contributed by atoms with E-state index in [1.807, 2.05) is 0 Å². The van der Waals surface area contributed by atoms with Gasteiger partial charge in [-0.25, -0.2) is 0 Å². The van der Waals surface area contributed by atoms with Gasteiger partial charge in [-0.2, -0.15) is 0 Å².